The summed E-state index contributed by atoms with van der Waals surface area (Å²) in [6.45, 7) is 13.4. The van der Waals surface area contributed by atoms with Crippen molar-refractivity contribution in [2.24, 2.45) is 17.3 Å². The molecule has 1 unspecified atom stereocenters. The molecule has 0 saturated carbocycles. The van der Waals surface area contributed by atoms with E-state index in [9.17, 15) is 0 Å². The lowest BCUT2D eigenvalue weighted by molar-refractivity contribution is 0.163. The summed E-state index contributed by atoms with van der Waals surface area (Å²) in [7, 11) is 0. The summed E-state index contributed by atoms with van der Waals surface area (Å²) >= 11 is 3.80. The van der Waals surface area contributed by atoms with Crippen LogP contribution in [-0.2, 0) is 0 Å². The van der Waals surface area contributed by atoms with Crippen molar-refractivity contribution in [3.8, 4) is 0 Å². The number of likely N-dealkylation sites (tertiary alicyclic amines) is 1. The Labute approximate surface area is 123 Å². The molecule has 0 aromatic carbocycles. The SMILES string of the molecule is CCCC(CBr)(CCC)CN1CCC(C(C)C)C1. The molecule has 1 nitrogen and oxygen atoms in total. The van der Waals surface area contributed by atoms with Gasteiger partial charge >= 0.3 is 0 Å². The van der Waals surface area contributed by atoms with Crippen LogP contribution in [0, 0.1) is 17.3 Å². The molecule has 2 heteroatoms. The van der Waals surface area contributed by atoms with Gasteiger partial charge in [0, 0.05) is 18.4 Å². The maximum absolute atomic E-state index is 3.80. The van der Waals surface area contributed by atoms with E-state index in [1.165, 1.54) is 57.1 Å². The number of hydrogen-bond acceptors (Lipinski definition) is 1. The molecule has 0 aromatic rings. The van der Waals surface area contributed by atoms with E-state index in [4.69, 9.17) is 0 Å². The van der Waals surface area contributed by atoms with E-state index in [1.807, 2.05) is 0 Å². The fourth-order valence-electron chi connectivity index (χ4n) is 3.54. The summed E-state index contributed by atoms with van der Waals surface area (Å²) in [5, 5.41) is 1.17. The van der Waals surface area contributed by atoms with Crippen LogP contribution >= 0.6 is 15.9 Å². The molecule has 1 aliphatic heterocycles. The topological polar surface area (TPSA) is 3.24 Å². The van der Waals surface area contributed by atoms with Gasteiger partial charge in [0.25, 0.3) is 0 Å². The molecule has 1 fully saturated rings. The zero-order chi connectivity index (χ0) is 13.6. The van der Waals surface area contributed by atoms with Gasteiger partial charge in [0.15, 0.2) is 0 Å². The molecule has 18 heavy (non-hydrogen) atoms. The van der Waals surface area contributed by atoms with Crippen molar-refractivity contribution < 1.29 is 0 Å². The highest BCUT2D eigenvalue weighted by Gasteiger charge is 2.33. The van der Waals surface area contributed by atoms with Crippen molar-refractivity contribution in [1.29, 1.82) is 0 Å². The Bertz CT molecular complexity index is 221. The molecule has 1 saturated heterocycles. The quantitative estimate of drug-likeness (QED) is 0.573. The molecule has 0 N–H and O–H groups in total. The van der Waals surface area contributed by atoms with E-state index < -0.39 is 0 Å². The number of nitrogens with zero attached hydrogens (tertiary/aromatic N) is 1. The average Bonchev–Trinajstić information content (AvgIpc) is 2.78. The Morgan fingerprint density at radius 3 is 2.22 bits per heavy atom. The van der Waals surface area contributed by atoms with Crippen LogP contribution in [0.25, 0.3) is 0 Å². The lowest BCUT2D eigenvalue weighted by Crippen LogP contribution is -2.38. The molecule has 108 valence electrons. The fraction of sp³-hybridized carbons (Fsp3) is 1.00. The number of halogens is 1. The predicted molar refractivity (Wildman–Crippen MR) is 85.4 cm³/mol. The lowest BCUT2D eigenvalue weighted by atomic mass is 9.80. The Balaban J connectivity index is 2.55. The van der Waals surface area contributed by atoms with E-state index in [1.54, 1.807) is 0 Å². The van der Waals surface area contributed by atoms with Gasteiger partial charge in [-0.2, -0.15) is 0 Å². The first-order valence-corrected chi connectivity index (χ1v) is 8.97. The summed E-state index contributed by atoms with van der Waals surface area (Å²) in [4.78, 5) is 2.73. The third-order valence-corrected chi connectivity index (χ3v) is 5.84. The predicted octanol–water partition coefficient (Wildman–Crippen LogP) is 4.95. The molecule has 1 heterocycles. The van der Waals surface area contributed by atoms with Crippen LogP contribution in [0.3, 0.4) is 0 Å². The highest BCUT2D eigenvalue weighted by atomic mass is 79.9. The monoisotopic (exact) mass is 317 g/mol. The molecule has 0 radical (unpaired) electrons. The van der Waals surface area contributed by atoms with E-state index in [0.717, 1.165) is 11.8 Å². The van der Waals surface area contributed by atoms with Gasteiger partial charge in [-0.15, -0.1) is 0 Å². The van der Waals surface area contributed by atoms with Crippen molar-refractivity contribution in [2.75, 3.05) is 25.0 Å². The second-order valence-electron chi connectivity index (χ2n) is 6.66. The van der Waals surface area contributed by atoms with E-state index in [2.05, 4.69) is 48.5 Å². The molecule has 0 spiro atoms. The summed E-state index contributed by atoms with van der Waals surface area (Å²) in [6.07, 6.45) is 6.78. The Morgan fingerprint density at radius 2 is 1.83 bits per heavy atom. The molecule has 0 bridgehead atoms. The van der Waals surface area contributed by atoms with Gasteiger partial charge in [0.1, 0.15) is 0 Å². The van der Waals surface area contributed by atoms with Crippen molar-refractivity contribution in [3.63, 3.8) is 0 Å². The van der Waals surface area contributed by atoms with Crippen molar-refractivity contribution in [2.45, 2.75) is 59.8 Å². The fourth-order valence-corrected chi connectivity index (χ4v) is 4.28. The minimum absolute atomic E-state index is 0.523. The smallest absolute Gasteiger partial charge is 0.0100 e. The second-order valence-corrected chi connectivity index (χ2v) is 7.22. The first kappa shape index (κ1) is 16.5. The standard InChI is InChI=1S/C16H32BrN/c1-5-8-16(12-17,9-6-2)13-18-10-7-15(11-18)14(3)4/h14-15H,5-13H2,1-4H3. The van der Waals surface area contributed by atoms with Crippen LogP contribution in [0.15, 0.2) is 0 Å². The average molecular weight is 318 g/mol. The van der Waals surface area contributed by atoms with Crippen molar-refractivity contribution >= 4 is 15.9 Å². The van der Waals surface area contributed by atoms with Crippen LogP contribution in [-0.4, -0.2) is 29.9 Å². The first-order valence-electron chi connectivity index (χ1n) is 7.85. The summed E-state index contributed by atoms with van der Waals surface area (Å²) < 4.78 is 0. The minimum Gasteiger partial charge on any atom is -0.302 e. The van der Waals surface area contributed by atoms with E-state index >= 15 is 0 Å². The van der Waals surface area contributed by atoms with Crippen LogP contribution in [0.5, 0.6) is 0 Å². The Kier molecular flexibility index (Phi) is 7.23. The van der Waals surface area contributed by atoms with Gasteiger partial charge in [-0.1, -0.05) is 56.5 Å². The highest BCUT2D eigenvalue weighted by molar-refractivity contribution is 9.09. The van der Waals surface area contributed by atoms with Gasteiger partial charge in [-0.25, -0.2) is 0 Å². The molecule has 1 rings (SSSR count). The van der Waals surface area contributed by atoms with E-state index in [0.29, 0.717) is 5.41 Å². The van der Waals surface area contributed by atoms with Gasteiger partial charge in [0.2, 0.25) is 0 Å². The summed E-state index contributed by atoms with van der Waals surface area (Å²) in [5.74, 6) is 1.78. The first-order chi connectivity index (χ1) is 8.56. The lowest BCUT2D eigenvalue weighted by Gasteiger charge is -2.36. The minimum atomic E-state index is 0.523. The molecule has 0 amide bonds. The Hall–Kier alpha value is 0.440. The van der Waals surface area contributed by atoms with Crippen LogP contribution in [0.2, 0.25) is 0 Å². The van der Waals surface area contributed by atoms with Gasteiger partial charge in [-0.05, 0) is 43.1 Å². The molecule has 1 atom stereocenters. The van der Waals surface area contributed by atoms with Crippen LogP contribution < -0.4 is 0 Å². The van der Waals surface area contributed by atoms with Gasteiger partial charge in [0.05, 0.1) is 0 Å². The maximum atomic E-state index is 3.80. The van der Waals surface area contributed by atoms with Crippen molar-refractivity contribution in [3.05, 3.63) is 0 Å². The summed E-state index contributed by atoms with van der Waals surface area (Å²) in [5.41, 5.74) is 0.523. The zero-order valence-electron chi connectivity index (χ0n) is 12.8. The number of hydrogen-bond donors (Lipinski definition) is 0. The largest absolute Gasteiger partial charge is 0.302 e. The normalized spacial score (nSPS) is 22.0. The molecular formula is C16H32BrN. The molecular weight excluding hydrogens is 286 g/mol. The third kappa shape index (κ3) is 4.52. The third-order valence-electron chi connectivity index (χ3n) is 4.65. The number of alkyl halides is 1. The van der Waals surface area contributed by atoms with Crippen molar-refractivity contribution in [1.82, 2.24) is 4.90 Å². The highest BCUT2D eigenvalue weighted by Crippen LogP contribution is 2.35. The van der Waals surface area contributed by atoms with Gasteiger partial charge in [-0.3, -0.25) is 0 Å². The van der Waals surface area contributed by atoms with E-state index in [-0.39, 0.29) is 0 Å². The second kappa shape index (κ2) is 7.89. The van der Waals surface area contributed by atoms with Crippen LogP contribution in [0.4, 0.5) is 0 Å². The molecule has 1 aliphatic rings. The Morgan fingerprint density at radius 1 is 1.22 bits per heavy atom. The summed E-state index contributed by atoms with van der Waals surface area (Å²) in [6, 6.07) is 0. The molecule has 0 aromatic heterocycles. The maximum Gasteiger partial charge on any atom is 0.0100 e. The number of rotatable bonds is 8. The molecule has 0 aliphatic carbocycles. The van der Waals surface area contributed by atoms with Crippen LogP contribution in [0.1, 0.15) is 59.8 Å². The zero-order valence-corrected chi connectivity index (χ0v) is 14.4. The van der Waals surface area contributed by atoms with Gasteiger partial charge < -0.3 is 4.90 Å².